The molecule has 0 bridgehead atoms. The van der Waals surface area contributed by atoms with Crippen LogP contribution in [0, 0.1) is 5.92 Å². The molecule has 1 heterocycles. The van der Waals surface area contributed by atoms with Gasteiger partial charge in [0.2, 0.25) is 0 Å². The molecule has 0 radical (unpaired) electrons. The first kappa shape index (κ1) is 19.0. The van der Waals surface area contributed by atoms with Crippen LogP contribution < -0.4 is 0 Å². The molecule has 4 nitrogen and oxygen atoms in total. The van der Waals surface area contributed by atoms with E-state index in [1.54, 1.807) is 6.33 Å². The lowest BCUT2D eigenvalue weighted by atomic mass is 9.70. The fraction of sp³-hybridized carbons (Fsp3) is 0.391. The number of esters is 1. The second kappa shape index (κ2) is 7.96. The third-order valence-corrected chi connectivity index (χ3v) is 6.15. The summed E-state index contributed by atoms with van der Waals surface area (Å²) in [5, 5.41) is 0.653. The van der Waals surface area contributed by atoms with Gasteiger partial charge in [0, 0.05) is 5.02 Å². The number of rotatable bonds is 5. The maximum absolute atomic E-state index is 13.7. The van der Waals surface area contributed by atoms with Gasteiger partial charge in [-0.25, -0.2) is 9.78 Å². The van der Waals surface area contributed by atoms with E-state index in [-0.39, 0.29) is 11.9 Å². The van der Waals surface area contributed by atoms with E-state index < -0.39 is 5.54 Å². The SMILES string of the molecule is CCOC(=O)C(c1ccc(Cl)cc1)(C1CCCCC1)n1cnc2ccccc21. The summed E-state index contributed by atoms with van der Waals surface area (Å²) in [7, 11) is 0. The number of imidazole rings is 1. The lowest BCUT2D eigenvalue weighted by Crippen LogP contribution is -2.50. The van der Waals surface area contributed by atoms with Gasteiger partial charge >= 0.3 is 5.97 Å². The second-order valence-electron chi connectivity index (χ2n) is 7.43. The number of para-hydroxylation sites is 2. The summed E-state index contributed by atoms with van der Waals surface area (Å²) in [6.07, 6.45) is 7.20. The maximum Gasteiger partial charge on any atom is 0.337 e. The number of carbonyl (C=O) groups excluding carboxylic acids is 1. The maximum atomic E-state index is 13.7. The van der Waals surface area contributed by atoms with E-state index in [9.17, 15) is 4.79 Å². The van der Waals surface area contributed by atoms with Crippen LogP contribution >= 0.6 is 11.6 Å². The Kier molecular flexibility index (Phi) is 5.40. The summed E-state index contributed by atoms with van der Waals surface area (Å²) in [4.78, 5) is 18.3. The van der Waals surface area contributed by atoms with Gasteiger partial charge in [-0.3, -0.25) is 0 Å². The van der Waals surface area contributed by atoms with Crippen LogP contribution in [0.2, 0.25) is 5.02 Å². The molecule has 1 aliphatic carbocycles. The van der Waals surface area contributed by atoms with Crippen molar-refractivity contribution >= 4 is 28.6 Å². The molecule has 3 aromatic rings. The van der Waals surface area contributed by atoms with Crippen molar-refractivity contribution in [1.29, 1.82) is 0 Å². The number of aromatic nitrogens is 2. The Hall–Kier alpha value is -2.33. The highest BCUT2D eigenvalue weighted by Crippen LogP contribution is 2.45. The number of nitrogens with zero attached hydrogens (tertiary/aromatic N) is 2. The van der Waals surface area contributed by atoms with Gasteiger partial charge in [-0.1, -0.05) is 55.1 Å². The zero-order valence-electron chi connectivity index (χ0n) is 16.1. The first-order valence-corrected chi connectivity index (χ1v) is 10.4. The largest absolute Gasteiger partial charge is 0.464 e. The summed E-state index contributed by atoms with van der Waals surface area (Å²) in [5.41, 5.74) is 1.78. The number of benzene rings is 2. The third-order valence-electron chi connectivity index (χ3n) is 5.90. The van der Waals surface area contributed by atoms with Crippen LogP contribution in [-0.4, -0.2) is 22.1 Å². The number of fused-ring (bicyclic) bond motifs is 1. The smallest absolute Gasteiger partial charge is 0.337 e. The molecule has 1 saturated carbocycles. The molecule has 1 unspecified atom stereocenters. The average Bonchev–Trinajstić information content (AvgIpc) is 3.16. The molecule has 1 atom stereocenters. The molecule has 1 aromatic heterocycles. The van der Waals surface area contributed by atoms with Crippen molar-refractivity contribution in [1.82, 2.24) is 9.55 Å². The number of hydrogen-bond acceptors (Lipinski definition) is 3. The van der Waals surface area contributed by atoms with Crippen LogP contribution in [0.25, 0.3) is 11.0 Å². The molecule has 1 aliphatic rings. The molecule has 0 spiro atoms. The molecule has 5 heteroatoms. The molecule has 0 amide bonds. The van der Waals surface area contributed by atoms with E-state index in [2.05, 4.69) is 4.98 Å². The van der Waals surface area contributed by atoms with Crippen molar-refractivity contribution in [3.63, 3.8) is 0 Å². The monoisotopic (exact) mass is 396 g/mol. The third kappa shape index (κ3) is 3.10. The Morgan fingerprint density at radius 3 is 2.57 bits per heavy atom. The van der Waals surface area contributed by atoms with Crippen LogP contribution in [-0.2, 0) is 15.1 Å². The topological polar surface area (TPSA) is 44.1 Å². The lowest BCUT2D eigenvalue weighted by Gasteiger charge is -2.42. The minimum absolute atomic E-state index is 0.138. The zero-order chi connectivity index (χ0) is 19.6. The summed E-state index contributed by atoms with van der Waals surface area (Å²) in [6.45, 7) is 2.20. The first-order valence-electron chi connectivity index (χ1n) is 10.0. The van der Waals surface area contributed by atoms with Gasteiger partial charge in [-0.2, -0.15) is 0 Å². The minimum Gasteiger partial charge on any atom is -0.464 e. The van der Waals surface area contributed by atoms with Crippen molar-refractivity contribution in [2.75, 3.05) is 6.61 Å². The lowest BCUT2D eigenvalue weighted by molar-refractivity contribution is -0.155. The van der Waals surface area contributed by atoms with Gasteiger partial charge < -0.3 is 9.30 Å². The number of carbonyl (C=O) groups is 1. The zero-order valence-corrected chi connectivity index (χ0v) is 16.9. The minimum atomic E-state index is -0.947. The van der Waals surface area contributed by atoms with Crippen LogP contribution in [0.3, 0.4) is 0 Å². The first-order chi connectivity index (χ1) is 13.7. The van der Waals surface area contributed by atoms with Gasteiger partial charge in [0.25, 0.3) is 0 Å². The molecule has 4 rings (SSSR count). The molecular weight excluding hydrogens is 372 g/mol. The Morgan fingerprint density at radius 2 is 1.86 bits per heavy atom. The van der Waals surface area contributed by atoms with Crippen molar-refractivity contribution in [3.05, 3.63) is 65.4 Å². The van der Waals surface area contributed by atoms with Crippen LogP contribution in [0.5, 0.6) is 0 Å². The Balaban J connectivity index is 2.01. The van der Waals surface area contributed by atoms with Gasteiger partial charge in [0.15, 0.2) is 5.54 Å². The van der Waals surface area contributed by atoms with E-state index in [4.69, 9.17) is 16.3 Å². The summed E-state index contributed by atoms with van der Waals surface area (Å²) in [5.74, 6) is -0.0774. The van der Waals surface area contributed by atoms with Crippen LogP contribution in [0.15, 0.2) is 54.9 Å². The predicted octanol–water partition coefficient (Wildman–Crippen LogP) is 5.58. The number of halogens is 1. The van der Waals surface area contributed by atoms with Crippen molar-refractivity contribution in [2.45, 2.75) is 44.6 Å². The highest BCUT2D eigenvalue weighted by Gasteiger charge is 2.51. The highest BCUT2D eigenvalue weighted by molar-refractivity contribution is 6.30. The quantitative estimate of drug-likeness (QED) is 0.529. The van der Waals surface area contributed by atoms with Crippen molar-refractivity contribution in [3.8, 4) is 0 Å². The molecular formula is C23H25ClN2O2. The highest BCUT2D eigenvalue weighted by atomic mass is 35.5. The molecule has 0 aliphatic heterocycles. The molecule has 0 saturated heterocycles. The van der Waals surface area contributed by atoms with Gasteiger partial charge in [-0.15, -0.1) is 0 Å². The van der Waals surface area contributed by atoms with Gasteiger partial charge in [0.05, 0.1) is 24.0 Å². The van der Waals surface area contributed by atoms with E-state index in [0.29, 0.717) is 11.6 Å². The Bertz CT molecular complexity index is 960. The summed E-state index contributed by atoms with van der Waals surface area (Å²) < 4.78 is 7.74. The van der Waals surface area contributed by atoms with Gasteiger partial charge in [-0.05, 0) is 55.5 Å². The average molecular weight is 397 g/mol. The van der Waals surface area contributed by atoms with Crippen LogP contribution in [0.4, 0.5) is 0 Å². The molecule has 0 N–H and O–H groups in total. The molecule has 28 heavy (non-hydrogen) atoms. The fourth-order valence-electron chi connectivity index (χ4n) is 4.66. The van der Waals surface area contributed by atoms with E-state index in [0.717, 1.165) is 42.3 Å². The normalized spacial score (nSPS) is 17.4. The van der Waals surface area contributed by atoms with Crippen LogP contribution in [0.1, 0.15) is 44.6 Å². The van der Waals surface area contributed by atoms with Gasteiger partial charge in [0.1, 0.15) is 0 Å². The van der Waals surface area contributed by atoms with Crippen molar-refractivity contribution in [2.24, 2.45) is 5.92 Å². The molecule has 2 aromatic carbocycles. The second-order valence-corrected chi connectivity index (χ2v) is 7.87. The van der Waals surface area contributed by atoms with Crippen molar-refractivity contribution < 1.29 is 9.53 Å². The Labute approximate surface area is 170 Å². The van der Waals surface area contributed by atoms with E-state index in [1.165, 1.54) is 6.42 Å². The molecule has 1 fully saturated rings. The summed E-state index contributed by atoms with van der Waals surface area (Å²) >= 11 is 6.17. The standard InChI is InChI=1S/C23H25ClN2O2/c1-2-28-22(27)23(17-8-4-3-5-9-17,18-12-14-19(24)15-13-18)26-16-25-20-10-6-7-11-21(20)26/h6-7,10-17H,2-5,8-9H2,1H3. The molecule has 146 valence electrons. The predicted molar refractivity (Wildman–Crippen MR) is 111 cm³/mol. The fourth-order valence-corrected chi connectivity index (χ4v) is 4.79. The van der Waals surface area contributed by atoms with E-state index >= 15 is 0 Å². The van der Waals surface area contributed by atoms with E-state index in [1.807, 2.05) is 60.0 Å². The Morgan fingerprint density at radius 1 is 1.14 bits per heavy atom. The summed E-state index contributed by atoms with van der Waals surface area (Å²) in [6, 6.07) is 15.6. The number of hydrogen-bond donors (Lipinski definition) is 0. The number of ether oxygens (including phenoxy) is 1.